The summed E-state index contributed by atoms with van der Waals surface area (Å²) in [5, 5.41) is 9.38. The highest BCUT2D eigenvalue weighted by Gasteiger charge is 2.29. The van der Waals surface area contributed by atoms with Crippen molar-refractivity contribution in [1.29, 1.82) is 0 Å². The van der Waals surface area contributed by atoms with Crippen molar-refractivity contribution in [2.75, 3.05) is 6.54 Å². The van der Waals surface area contributed by atoms with Gasteiger partial charge in [-0.1, -0.05) is 35.5 Å². The molecule has 1 fully saturated rings. The highest BCUT2D eigenvalue weighted by molar-refractivity contribution is 7.21. The first-order valence-corrected chi connectivity index (χ1v) is 11.3. The number of hydrogen-bond donors (Lipinski definition) is 1. The van der Waals surface area contributed by atoms with Gasteiger partial charge in [0.2, 0.25) is 5.91 Å². The largest absolute Gasteiger partial charge is 0.365 e. The van der Waals surface area contributed by atoms with Crippen molar-refractivity contribution in [3.8, 4) is 0 Å². The molecule has 7 nitrogen and oxygen atoms in total. The van der Waals surface area contributed by atoms with E-state index in [1.807, 2.05) is 53.4 Å². The number of nitrogens with two attached hydrogens (primary N) is 1. The number of fused-ring (bicyclic) bond motifs is 2. The van der Waals surface area contributed by atoms with Gasteiger partial charge in [-0.05, 0) is 54.8 Å². The topological polar surface area (TPSA) is 94.1 Å². The number of para-hydroxylation sites is 1. The summed E-state index contributed by atoms with van der Waals surface area (Å²) < 4.78 is 2.71. The first-order chi connectivity index (χ1) is 15.1. The zero-order valence-corrected chi connectivity index (χ0v) is 17.8. The molecule has 8 heteroatoms. The quantitative estimate of drug-likeness (QED) is 0.522. The van der Waals surface area contributed by atoms with Crippen LogP contribution in [0.3, 0.4) is 0 Å². The van der Waals surface area contributed by atoms with E-state index in [1.54, 1.807) is 4.68 Å². The maximum atomic E-state index is 13.3. The number of carbonyl (C=O) groups is 2. The maximum Gasteiger partial charge on any atom is 0.259 e. The molecule has 0 saturated carbocycles. The van der Waals surface area contributed by atoms with Crippen LogP contribution in [-0.2, 0) is 17.8 Å². The van der Waals surface area contributed by atoms with Crippen LogP contribution in [0.25, 0.3) is 21.1 Å². The van der Waals surface area contributed by atoms with Gasteiger partial charge in [-0.25, -0.2) is 4.68 Å². The van der Waals surface area contributed by atoms with Crippen molar-refractivity contribution in [1.82, 2.24) is 19.9 Å². The second kappa shape index (κ2) is 8.11. The van der Waals surface area contributed by atoms with Gasteiger partial charge in [-0.15, -0.1) is 16.4 Å². The molecule has 2 amide bonds. The molecule has 158 valence electrons. The van der Waals surface area contributed by atoms with Crippen LogP contribution < -0.4 is 5.73 Å². The zero-order valence-electron chi connectivity index (χ0n) is 17.0. The van der Waals surface area contributed by atoms with E-state index in [0.717, 1.165) is 45.9 Å². The van der Waals surface area contributed by atoms with Crippen molar-refractivity contribution in [2.24, 2.45) is 5.73 Å². The molecule has 31 heavy (non-hydrogen) atoms. The summed E-state index contributed by atoms with van der Waals surface area (Å²) in [5.41, 5.74) is 8.29. The molecule has 1 aliphatic rings. The van der Waals surface area contributed by atoms with Gasteiger partial charge in [0.1, 0.15) is 12.1 Å². The summed E-state index contributed by atoms with van der Waals surface area (Å²) in [6.07, 6.45) is 3.58. The third-order valence-electron chi connectivity index (χ3n) is 6.01. The molecule has 3 heterocycles. The van der Waals surface area contributed by atoms with Crippen LogP contribution in [0.2, 0.25) is 0 Å². The molecule has 1 atom stereocenters. The van der Waals surface area contributed by atoms with E-state index in [2.05, 4.69) is 10.3 Å². The third-order valence-corrected chi connectivity index (χ3v) is 7.24. The molecular formula is C23H23N5O2S. The lowest BCUT2D eigenvalue weighted by Crippen LogP contribution is -2.46. The number of amides is 2. The van der Waals surface area contributed by atoms with E-state index in [-0.39, 0.29) is 18.5 Å². The highest BCUT2D eigenvalue weighted by Crippen LogP contribution is 2.34. The number of hydrogen-bond acceptors (Lipinski definition) is 5. The van der Waals surface area contributed by atoms with E-state index >= 15 is 0 Å². The summed E-state index contributed by atoms with van der Waals surface area (Å²) in [7, 11) is 0. The average molecular weight is 434 g/mol. The van der Waals surface area contributed by atoms with Crippen LogP contribution in [-0.4, -0.2) is 44.3 Å². The number of benzene rings is 2. The fourth-order valence-corrected chi connectivity index (χ4v) is 5.62. The maximum absolute atomic E-state index is 13.3. The lowest BCUT2D eigenvalue weighted by atomic mass is 9.94. The van der Waals surface area contributed by atoms with Gasteiger partial charge in [-0.2, -0.15) is 0 Å². The van der Waals surface area contributed by atoms with Crippen molar-refractivity contribution >= 4 is 44.3 Å². The number of primary amides is 1. The number of aromatic nitrogens is 3. The summed E-state index contributed by atoms with van der Waals surface area (Å²) in [5.74, 6) is -0.375. The average Bonchev–Trinajstić information content (AvgIpc) is 3.36. The number of likely N-dealkylation sites (tertiary alicyclic amines) is 1. The number of piperidine rings is 1. The first kappa shape index (κ1) is 19.7. The molecule has 0 bridgehead atoms. The van der Waals surface area contributed by atoms with Gasteiger partial charge < -0.3 is 10.6 Å². The minimum atomic E-state index is -0.404. The van der Waals surface area contributed by atoms with Crippen LogP contribution in [0.15, 0.2) is 48.5 Å². The van der Waals surface area contributed by atoms with Crippen LogP contribution in [0.1, 0.15) is 34.5 Å². The van der Waals surface area contributed by atoms with Crippen LogP contribution >= 0.6 is 11.3 Å². The van der Waals surface area contributed by atoms with Gasteiger partial charge in [-0.3, -0.25) is 9.59 Å². The van der Waals surface area contributed by atoms with Crippen LogP contribution in [0, 0.1) is 0 Å². The number of rotatable bonds is 5. The molecule has 1 saturated heterocycles. The Morgan fingerprint density at radius 3 is 2.77 bits per heavy atom. The minimum absolute atomic E-state index is 0.0283. The molecule has 1 aliphatic heterocycles. The normalized spacial score (nSPS) is 16.8. The number of thiophene rings is 1. The fraction of sp³-hybridized carbons (Fsp3) is 0.304. The predicted octanol–water partition coefficient (Wildman–Crippen LogP) is 3.37. The monoisotopic (exact) mass is 433 g/mol. The fourth-order valence-electron chi connectivity index (χ4n) is 4.53. The summed E-state index contributed by atoms with van der Waals surface area (Å²) in [6.45, 7) is 0.869. The van der Waals surface area contributed by atoms with Crippen molar-refractivity contribution in [2.45, 2.75) is 38.3 Å². The molecule has 0 unspecified atom stereocenters. The Morgan fingerprint density at radius 2 is 1.90 bits per heavy atom. The summed E-state index contributed by atoms with van der Waals surface area (Å²) in [4.78, 5) is 28.0. The van der Waals surface area contributed by atoms with E-state index < -0.39 is 5.91 Å². The molecule has 5 rings (SSSR count). The molecule has 0 radical (unpaired) electrons. The van der Waals surface area contributed by atoms with Gasteiger partial charge in [0.25, 0.3) is 5.91 Å². The third kappa shape index (κ3) is 3.67. The standard InChI is InChI=1S/C23H23N5O2S/c24-23(30)22-17(16-8-1-4-11-20(16)31-22)13-15-7-5-6-12-27(15)21(29)14-28-19-10-3-2-9-18(19)25-26-28/h1-4,8-11,15H,5-7,12-14H2,(H2,24,30)/t15-/m1/s1. The van der Waals surface area contributed by atoms with Gasteiger partial charge in [0.15, 0.2) is 0 Å². The zero-order chi connectivity index (χ0) is 21.4. The van der Waals surface area contributed by atoms with Crippen molar-refractivity contribution in [3.05, 3.63) is 59.0 Å². The summed E-state index contributed by atoms with van der Waals surface area (Å²) in [6, 6.07) is 15.7. The molecule has 4 aromatic rings. The van der Waals surface area contributed by atoms with Crippen LogP contribution in [0.5, 0.6) is 0 Å². The smallest absolute Gasteiger partial charge is 0.259 e. The molecule has 0 spiro atoms. The Labute approximate surface area is 183 Å². The van der Waals surface area contributed by atoms with Crippen molar-refractivity contribution in [3.63, 3.8) is 0 Å². The minimum Gasteiger partial charge on any atom is -0.365 e. The van der Waals surface area contributed by atoms with E-state index in [0.29, 0.717) is 17.8 Å². The molecule has 0 aliphatic carbocycles. The van der Waals surface area contributed by atoms with Gasteiger partial charge in [0.05, 0.1) is 10.4 Å². The Morgan fingerprint density at radius 1 is 1.10 bits per heavy atom. The molecular weight excluding hydrogens is 410 g/mol. The lowest BCUT2D eigenvalue weighted by Gasteiger charge is -2.36. The lowest BCUT2D eigenvalue weighted by molar-refractivity contribution is -0.135. The highest BCUT2D eigenvalue weighted by atomic mass is 32.1. The molecule has 2 N–H and O–H groups in total. The Bertz CT molecular complexity index is 1280. The van der Waals surface area contributed by atoms with E-state index in [1.165, 1.54) is 11.3 Å². The van der Waals surface area contributed by atoms with Crippen LogP contribution in [0.4, 0.5) is 0 Å². The van der Waals surface area contributed by atoms with Crippen molar-refractivity contribution < 1.29 is 9.59 Å². The predicted molar refractivity (Wildman–Crippen MR) is 121 cm³/mol. The number of nitrogens with zero attached hydrogens (tertiary/aromatic N) is 4. The Hall–Kier alpha value is -3.26. The summed E-state index contributed by atoms with van der Waals surface area (Å²) >= 11 is 1.44. The van der Waals surface area contributed by atoms with E-state index in [9.17, 15) is 9.59 Å². The number of carbonyl (C=O) groups excluding carboxylic acids is 2. The second-order valence-corrected chi connectivity index (χ2v) is 9.00. The first-order valence-electron chi connectivity index (χ1n) is 10.5. The molecule has 2 aromatic carbocycles. The SMILES string of the molecule is NC(=O)c1sc2ccccc2c1C[C@H]1CCCCN1C(=O)Cn1nnc2ccccc21. The second-order valence-electron chi connectivity index (χ2n) is 7.95. The Kier molecular flexibility index (Phi) is 5.15. The van der Waals surface area contributed by atoms with Gasteiger partial charge >= 0.3 is 0 Å². The van der Waals surface area contributed by atoms with E-state index in [4.69, 9.17) is 5.73 Å². The Balaban J connectivity index is 1.42. The van der Waals surface area contributed by atoms with Gasteiger partial charge in [0, 0.05) is 17.3 Å². The molecule has 2 aromatic heterocycles.